The second-order valence-corrected chi connectivity index (χ2v) is 3.81. The molecule has 0 radical (unpaired) electrons. The average molecular weight is 273 g/mol. The Balaban J connectivity index is 0.00000108. The average Bonchev–Trinajstić information content (AvgIpc) is 2.30. The molecule has 0 atom stereocenters. The van der Waals surface area contributed by atoms with Crippen LogP contribution < -0.4 is 0 Å². The van der Waals surface area contributed by atoms with Gasteiger partial charge in [-0.1, -0.05) is 24.5 Å². The summed E-state index contributed by atoms with van der Waals surface area (Å²) >= 11 is 0. The monoisotopic (exact) mass is 272 g/mol. The van der Waals surface area contributed by atoms with Crippen molar-refractivity contribution in [2.24, 2.45) is 0 Å². The maximum absolute atomic E-state index is 11.1. The first-order chi connectivity index (χ1) is 7.80. The maximum atomic E-state index is 11.1. The zero-order valence-electron chi connectivity index (χ0n) is 8.81. The minimum Gasteiger partial charge on any atom is -0.580 e. The molecule has 1 aromatic rings. The van der Waals surface area contributed by atoms with Gasteiger partial charge in [-0.15, -0.1) is 17.7 Å². The number of hydrogen-bond donors (Lipinski definition) is 0. The van der Waals surface area contributed by atoms with Gasteiger partial charge in [0.25, 0.3) is 0 Å². The SMILES string of the molecule is O=C1C=CC2(C=C1)O[C-]=C2c1ccccc1.[Cu+]. The van der Waals surface area contributed by atoms with Crippen LogP contribution >= 0.6 is 0 Å². The molecule has 0 aromatic heterocycles. The van der Waals surface area contributed by atoms with Gasteiger partial charge in [0.05, 0.1) is 0 Å². The van der Waals surface area contributed by atoms with Crippen molar-refractivity contribution in [3.63, 3.8) is 0 Å². The van der Waals surface area contributed by atoms with Crippen molar-refractivity contribution in [2.75, 3.05) is 0 Å². The Kier molecular flexibility index (Phi) is 3.05. The summed E-state index contributed by atoms with van der Waals surface area (Å²) in [7, 11) is 0. The summed E-state index contributed by atoms with van der Waals surface area (Å²) < 4.78 is 5.36. The van der Waals surface area contributed by atoms with Crippen molar-refractivity contribution >= 4 is 11.4 Å². The molecule has 0 fully saturated rings. The van der Waals surface area contributed by atoms with E-state index in [1.165, 1.54) is 12.2 Å². The van der Waals surface area contributed by atoms with Crippen LogP contribution in [0.2, 0.25) is 0 Å². The molecule has 3 heteroatoms. The molecule has 1 aliphatic heterocycles. The third-order valence-electron chi connectivity index (χ3n) is 2.77. The smallest absolute Gasteiger partial charge is 0.580 e. The van der Waals surface area contributed by atoms with Crippen molar-refractivity contribution in [2.45, 2.75) is 5.60 Å². The van der Waals surface area contributed by atoms with E-state index in [9.17, 15) is 4.79 Å². The van der Waals surface area contributed by atoms with E-state index in [0.717, 1.165) is 11.1 Å². The number of ketones is 1. The fraction of sp³-hybridized carbons (Fsp3) is 0.0714. The van der Waals surface area contributed by atoms with Gasteiger partial charge in [-0.05, 0) is 24.3 Å². The number of hydrogen-bond acceptors (Lipinski definition) is 2. The van der Waals surface area contributed by atoms with Crippen LogP contribution in [0.3, 0.4) is 0 Å². The molecule has 3 rings (SSSR count). The predicted molar refractivity (Wildman–Crippen MR) is 60.2 cm³/mol. The minimum absolute atomic E-state index is 0. The molecule has 1 heterocycles. The van der Waals surface area contributed by atoms with Crippen LogP contribution in [-0.4, -0.2) is 11.4 Å². The Labute approximate surface area is 110 Å². The van der Waals surface area contributed by atoms with Gasteiger partial charge in [0, 0.05) is 0 Å². The topological polar surface area (TPSA) is 26.3 Å². The summed E-state index contributed by atoms with van der Waals surface area (Å²) in [6, 6.07) is 9.91. The Bertz CT molecular complexity index is 510. The zero-order valence-corrected chi connectivity index (χ0v) is 9.76. The second kappa shape index (κ2) is 4.36. The summed E-state index contributed by atoms with van der Waals surface area (Å²) in [5.41, 5.74) is 1.46. The van der Waals surface area contributed by atoms with E-state index in [2.05, 4.69) is 6.26 Å². The molecular formula is C14H9CuO2. The fourth-order valence-electron chi connectivity index (χ4n) is 1.87. The van der Waals surface area contributed by atoms with Crippen molar-refractivity contribution in [3.05, 3.63) is 66.5 Å². The first-order valence-corrected chi connectivity index (χ1v) is 5.09. The number of carbonyl (C=O) groups is 1. The van der Waals surface area contributed by atoms with E-state index in [4.69, 9.17) is 4.74 Å². The summed E-state index contributed by atoms with van der Waals surface area (Å²) in [5.74, 6) is -0.00598. The Hall–Kier alpha value is -1.57. The molecular weight excluding hydrogens is 264 g/mol. The van der Waals surface area contributed by atoms with Crippen LogP contribution in [0.25, 0.3) is 5.57 Å². The largest absolute Gasteiger partial charge is 1.00 e. The molecule has 0 saturated carbocycles. The molecule has 2 aliphatic rings. The normalized spacial score (nSPS) is 19.1. The third-order valence-corrected chi connectivity index (χ3v) is 2.77. The van der Waals surface area contributed by atoms with Gasteiger partial charge in [0.15, 0.2) is 5.78 Å². The summed E-state index contributed by atoms with van der Waals surface area (Å²) in [6.45, 7) is 0. The van der Waals surface area contributed by atoms with E-state index < -0.39 is 5.60 Å². The van der Waals surface area contributed by atoms with Gasteiger partial charge in [0.1, 0.15) is 5.60 Å². The minimum atomic E-state index is -0.574. The zero-order chi connectivity index (χ0) is 11.0. The quantitative estimate of drug-likeness (QED) is 0.579. The summed E-state index contributed by atoms with van der Waals surface area (Å²) in [6.07, 6.45) is 9.45. The Morgan fingerprint density at radius 3 is 2.24 bits per heavy atom. The molecule has 0 saturated heterocycles. The second-order valence-electron chi connectivity index (χ2n) is 3.81. The number of rotatable bonds is 1. The maximum Gasteiger partial charge on any atom is 1.00 e. The molecule has 0 amide bonds. The molecule has 2 nitrogen and oxygen atoms in total. The first kappa shape index (κ1) is 11.9. The Morgan fingerprint density at radius 1 is 1.06 bits per heavy atom. The van der Waals surface area contributed by atoms with E-state index in [0.29, 0.717) is 0 Å². The fourth-order valence-corrected chi connectivity index (χ4v) is 1.87. The van der Waals surface area contributed by atoms with E-state index in [1.807, 2.05) is 30.3 Å². The predicted octanol–water partition coefficient (Wildman–Crippen LogP) is 2.29. The molecule has 88 valence electrons. The van der Waals surface area contributed by atoms with Gasteiger partial charge >= 0.3 is 17.1 Å². The van der Waals surface area contributed by atoms with E-state index >= 15 is 0 Å². The van der Waals surface area contributed by atoms with Gasteiger partial charge in [0.2, 0.25) is 0 Å². The summed E-state index contributed by atoms with van der Waals surface area (Å²) in [4.78, 5) is 11.1. The number of allylic oxidation sites excluding steroid dienone is 2. The number of carbonyl (C=O) groups excluding carboxylic acids is 1. The van der Waals surface area contributed by atoms with Crippen molar-refractivity contribution < 1.29 is 26.6 Å². The van der Waals surface area contributed by atoms with Crippen LogP contribution in [0, 0.1) is 6.26 Å². The third kappa shape index (κ3) is 1.88. The van der Waals surface area contributed by atoms with E-state index in [1.54, 1.807) is 12.2 Å². The molecule has 0 bridgehead atoms. The van der Waals surface area contributed by atoms with Crippen molar-refractivity contribution in [1.29, 1.82) is 0 Å². The van der Waals surface area contributed by atoms with Gasteiger partial charge < -0.3 is 4.74 Å². The first-order valence-electron chi connectivity index (χ1n) is 5.09. The van der Waals surface area contributed by atoms with Crippen LogP contribution in [0.4, 0.5) is 0 Å². The van der Waals surface area contributed by atoms with E-state index in [-0.39, 0.29) is 22.9 Å². The van der Waals surface area contributed by atoms with Gasteiger partial charge in [-0.25, -0.2) is 0 Å². The van der Waals surface area contributed by atoms with Crippen LogP contribution in [0.15, 0.2) is 54.6 Å². The number of ether oxygens (including phenoxy) is 1. The van der Waals surface area contributed by atoms with Crippen LogP contribution in [0.1, 0.15) is 5.56 Å². The van der Waals surface area contributed by atoms with Crippen LogP contribution in [0.5, 0.6) is 0 Å². The molecule has 0 N–H and O–H groups in total. The molecule has 1 spiro atoms. The van der Waals surface area contributed by atoms with Gasteiger partial charge in [-0.3, -0.25) is 4.79 Å². The Morgan fingerprint density at radius 2 is 1.71 bits per heavy atom. The standard InChI is InChI=1S/C14H9O2.Cu/c15-12-6-8-14(9-7-12)13(10-16-14)11-4-2-1-3-5-11;/h1-9H;/q-1;+1. The van der Waals surface area contributed by atoms with Crippen molar-refractivity contribution in [3.8, 4) is 0 Å². The molecule has 1 aromatic carbocycles. The number of benzene rings is 1. The molecule has 0 unspecified atom stereocenters. The van der Waals surface area contributed by atoms with Crippen molar-refractivity contribution in [1.82, 2.24) is 0 Å². The molecule has 17 heavy (non-hydrogen) atoms. The van der Waals surface area contributed by atoms with Gasteiger partial charge in [-0.2, -0.15) is 5.56 Å². The summed E-state index contributed by atoms with van der Waals surface area (Å²) in [5, 5.41) is 0. The van der Waals surface area contributed by atoms with Crippen LogP contribution in [-0.2, 0) is 26.6 Å². The molecule has 1 aliphatic carbocycles.